The second-order valence-electron chi connectivity index (χ2n) is 3.95. The maximum atomic E-state index is 10.7. The predicted molar refractivity (Wildman–Crippen MR) is 60.5 cm³/mol. The molecule has 1 rings (SSSR count). The molecule has 6 nitrogen and oxygen atoms in total. The first kappa shape index (κ1) is 12.4. The smallest absolute Gasteiger partial charge is 0.311 e. The van der Waals surface area contributed by atoms with E-state index >= 15 is 0 Å². The van der Waals surface area contributed by atoms with Gasteiger partial charge in [-0.2, -0.15) is 0 Å². The molecule has 1 N–H and O–H groups in total. The van der Waals surface area contributed by atoms with E-state index in [1.54, 1.807) is 7.11 Å². The van der Waals surface area contributed by atoms with Gasteiger partial charge in [-0.25, -0.2) is 4.98 Å². The molecule has 0 aliphatic heterocycles. The number of aromatic nitrogens is 1. The number of rotatable bonds is 5. The van der Waals surface area contributed by atoms with Crippen LogP contribution in [0.1, 0.15) is 13.8 Å². The van der Waals surface area contributed by atoms with Crippen LogP contribution < -0.4 is 5.32 Å². The van der Waals surface area contributed by atoms with Gasteiger partial charge in [-0.05, 0) is 19.9 Å². The van der Waals surface area contributed by atoms with E-state index in [1.165, 1.54) is 18.3 Å². The van der Waals surface area contributed by atoms with Crippen LogP contribution in [0.15, 0.2) is 18.3 Å². The highest BCUT2D eigenvalue weighted by molar-refractivity contribution is 5.55. The first-order valence-corrected chi connectivity index (χ1v) is 4.85. The van der Waals surface area contributed by atoms with Crippen molar-refractivity contribution in [3.05, 3.63) is 28.4 Å². The van der Waals surface area contributed by atoms with E-state index in [-0.39, 0.29) is 11.5 Å². The Kier molecular flexibility index (Phi) is 3.78. The largest absolute Gasteiger partial charge is 0.377 e. The average molecular weight is 225 g/mol. The number of hydrogen-bond donors (Lipinski definition) is 1. The topological polar surface area (TPSA) is 77.3 Å². The third-order valence-corrected chi connectivity index (χ3v) is 2.22. The van der Waals surface area contributed by atoms with Crippen molar-refractivity contribution in [3.63, 3.8) is 0 Å². The molecule has 1 aromatic heterocycles. The molecule has 0 aliphatic rings. The molecule has 1 heterocycles. The van der Waals surface area contributed by atoms with Crippen LogP contribution in [0.5, 0.6) is 0 Å². The van der Waals surface area contributed by atoms with Crippen molar-refractivity contribution in [2.75, 3.05) is 19.0 Å². The lowest BCUT2D eigenvalue weighted by Gasteiger charge is -2.23. The molecule has 6 heteroatoms. The lowest BCUT2D eigenvalue weighted by molar-refractivity contribution is -0.384. The fourth-order valence-corrected chi connectivity index (χ4v) is 1.05. The van der Waals surface area contributed by atoms with Crippen LogP contribution in [0.2, 0.25) is 0 Å². The fraction of sp³-hybridized carbons (Fsp3) is 0.500. The van der Waals surface area contributed by atoms with Crippen molar-refractivity contribution in [2.45, 2.75) is 19.4 Å². The SMILES string of the molecule is COC(C)(C)CNc1ncccc1[N+](=O)[O-]. The van der Waals surface area contributed by atoms with E-state index in [0.717, 1.165) is 0 Å². The number of nitro groups is 1. The summed E-state index contributed by atoms with van der Waals surface area (Å²) < 4.78 is 5.20. The molecular formula is C10H15N3O3. The van der Waals surface area contributed by atoms with E-state index in [4.69, 9.17) is 4.74 Å². The summed E-state index contributed by atoms with van der Waals surface area (Å²) in [6, 6.07) is 2.94. The standard InChI is InChI=1S/C10H15N3O3/c1-10(2,16-3)7-12-9-8(13(14)15)5-4-6-11-9/h4-6H,7H2,1-3H3,(H,11,12). The van der Waals surface area contributed by atoms with Crippen molar-refractivity contribution in [3.8, 4) is 0 Å². The molecule has 0 spiro atoms. The quantitative estimate of drug-likeness (QED) is 0.611. The lowest BCUT2D eigenvalue weighted by Crippen LogP contribution is -2.32. The highest BCUT2D eigenvalue weighted by Gasteiger charge is 2.19. The van der Waals surface area contributed by atoms with Gasteiger partial charge in [-0.3, -0.25) is 10.1 Å². The molecule has 88 valence electrons. The minimum Gasteiger partial charge on any atom is -0.377 e. The molecule has 0 saturated heterocycles. The minimum atomic E-state index is -0.463. The van der Waals surface area contributed by atoms with Crippen molar-refractivity contribution >= 4 is 11.5 Å². The van der Waals surface area contributed by atoms with Crippen molar-refractivity contribution in [2.24, 2.45) is 0 Å². The van der Waals surface area contributed by atoms with E-state index in [1.807, 2.05) is 13.8 Å². The van der Waals surface area contributed by atoms with Crippen molar-refractivity contribution < 1.29 is 9.66 Å². The van der Waals surface area contributed by atoms with Crippen LogP contribution in [0.3, 0.4) is 0 Å². The van der Waals surface area contributed by atoms with Gasteiger partial charge >= 0.3 is 5.69 Å². The molecule has 0 atom stereocenters. The van der Waals surface area contributed by atoms with Crippen molar-refractivity contribution in [1.29, 1.82) is 0 Å². The van der Waals surface area contributed by atoms with Crippen molar-refractivity contribution in [1.82, 2.24) is 4.98 Å². The second kappa shape index (κ2) is 4.89. The number of hydrogen-bond acceptors (Lipinski definition) is 5. The zero-order chi connectivity index (χ0) is 12.2. The number of nitrogens with one attached hydrogen (secondary N) is 1. The Morgan fingerprint density at radius 3 is 2.88 bits per heavy atom. The van der Waals surface area contributed by atoms with Crippen LogP contribution >= 0.6 is 0 Å². The maximum absolute atomic E-state index is 10.7. The van der Waals surface area contributed by atoms with Gasteiger partial charge in [0.1, 0.15) is 0 Å². The summed E-state index contributed by atoms with van der Waals surface area (Å²) in [4.78, 5) is 14.2. The van der Waals surface area contributed by atoms with Gasteiger partial charge in [-0.1, -0.05) is 0 Å². The number of methoxy groups -OCH3 is 1. The van der Waals surface area contributed by atoms with Gasteiger partial charge < -0.3 is 10.1 Å². The van der Waals surface area contributed by atoms with Gasteiger partial charge in [0.15, 0.2) is 0 Å². The number of pyridine rings is 1. The molecule has 0 aromatic carbocycles. The molecule has 0 radical (unpaired) electrons. The van der Waals surface area contributed by atoms with Crippen LogP contribution in [0.25, 0.3) is 0 Å². The normalized spacial score (nSPS) is 11.2. The summed E-state index contributed by atoms with van der Waals surface area (Å²) in [5.74, 6) is 0.262. The summed E-state index contributed by atoms with van der Waals surface area (Å²) in [6.45, 7) is 4.21. The Labute approximate surface area is 93.8 Å². The van der Waals surface area contributed by atoms with Gasteiger partial charge in [0.25, 0.3) is 0 Å². The summed E-state index contributed by atoms with van der Waals surface area (Å²) in [7, 11) is 1.59. The summed E-state index contributed by atoms with van der Waals surface area (Å²) in [5, 5.41) is 13.6. The Morgan fingerprint density at radius 1 is 1.62 bits per heavy atom. The molecule has 0 fully saturated rings. The highest BCUT2D eigenvalue weighted by atomic mass is 16.6. The van der Waals surface area contributed by atoms with Gasteiger partial charge in [-0.15, -0.1) is 0 Å². The molecular weight excluding hydrogens is 210 g/mol. The molecule has 0 saturated carbocycles. The molecule has 0 amide bonds. The number of nitrogens with zero attached hydrogens (tertiary/aromatic N) is 2. The first-order chi connectivity index (χ1) is 7.46. The molecule has 1 aromatic rings. The Hall–Kier alpha value is -1.69. The average Bonchev–Trinajstić information content (AvgIpc) is 2.27. The van der Waals surface area contributed by atoms with Crippen LogP contribution in [-0.2, 0) is 4.74 Å². The lowest BCUT2D eigenvalue weighted by atomic mass is 10.1. The van der Waals surface area contributed by atoms with Gasteiger partial charge in [0, 0.05) is 25.9 Å². The first-order valence-electron chi connectivity index (χ1n) is 4.85. The van der Waals surface area contributed by atoms with Crippen LogP contribution in [0, 0.1) is 10.1 Å². The van der Waals surface area contributed by atoms with Crippen LogP contribution in [-0.4, -0.2) is 29.2 Å². The monoisotopic (exact) mass is 225 g/mol. The summed E-state index contributed by atoms with van der Waals surface area (Å²) in [6.07, 6.45) is 1.51. The highest BCUT2D eigenvalue weighted by Crippen LogP contribution is 2.21. The Bertz CT molecular complexity index is 379. The summed E-state index contributed by atoms with van der Waals surface area (Å²) in [5.41, 5.74) is -0.430. The second-order valence-corrected chi connectivity index (χ2v) is 3.95. The fourth-order valence-electron chi connectivity index (χ4n) is 1.05. The molecule has 0 aliphatic carbocycles. The third-order valence-electron chi connectivity index (χ3n) is 2.22. The van der Waals surface area contributed by atoms with E-state index < -0.39 is 10.5 Å². The van der Waals surface area contributed by atoms with E-state index in [0.29, 0.717) is 6.54 Å². The Balaban J connectivity index is 2.78. The number of ether oxygens (including phenoxy) is 1. The van der Waals surface area contributed by atoms with E-state index in [2.05, 4.69) is 10.3 Å². The van der Waals surface area contributed by atoms with Gasteiger partial charge in [0.05, 0.1) is 10.5 Å². The number of anilines is 1. The maximum Gasteiger partial charge on any atom is 0.311 e. The molecule has 0 bridgehead atoms. The van der Waals surface area contributed by atoms with Gasteiger partial charge in [0.2, 0.25) is 5.82 Å². The zero-order valence-corrected chi connectivity index (χ0v) is 9.56. The predicted octanol–water partition coefficient (Wildman–Crippen LogP) is 1.83. The minimum absolute atomic E-state index is 0.0330. The third kappa shape index (κ3) is 3.16. The van der Waals surface area contributed by atoms with E-state index in [9.17, 15) is 10.1 Å². The van der Waals surface area contributed by atoms with Crippen LogP contribution in [0.4, 0.5) is 11.5 Å². The molecule has 0 unspecified atom stereocenters. The molecule has 16 heavy (non-hydrogen) atoms. The summed E-state index contributed by atoms with van der Waals surface area (Å²) >= 11 is 0. The zero-order valence-electron chi connectivity index (χ0n) is 9.56. The Morgan fingerprint density at radius 2 is 2.31 bits per heavy atom.